The van der Waals surface area contributed by atoms with Crippen LogP contribution >= 0.6 is 0 Å². The first-order chi connectivity index (χ1) is 9.76. The summed E-state index contributed by atoms with van der Waals surface area (Å²) >= 11 is 0. The number of aromatic nitrogens is 1. The number of piperidine rings is 1. The molecule has 1 aromatic carbocycles. The minimum absolute atomic E-state index is 0.187. The van der Waals surface area contributed by atoms with E-state index in [1.807, 2.05) is 12.1 Å². The molecule has 106 valence electrons. The number of nitrogens with zero attached hydrogens (tertiary/aromatic N) is 2. The standard InChI is InChI=1S/C16H20FN3/c17-15-7-13-4-1-5-19-16(13)14(8-15)11-20-6-2-3-12(9-18)10-20/h1,4-5,7-8,12H,2-3,6,9-11,18H2. The van der Waals surface area contributed by atoms with Crippen LogP contribution < -0.4 is 5.73 Å². The minimum Gasteiger partial charge on any atom is -0.330 e. The van der Waals surface area contributed by atoms with Gasteiger partial charge in [0.05, 0.1) is 5.52 Å². The zero-order valence-corrected chi connectivity index (χ0v) is 11.6. The lowest BCUT2D eigenvalue weighted by Crippen LogP contribution is -2.37. The van der Waals surface area contributed by atoms with Crippen LogP contribution in [0.15, 0.2) is 30.5 Å². The molecule has 0 spiro atoms. The normalized spacial score (nSPS) is 20.4. The zero-order valence-electron chi connectivity index (χ0n) is 11.6. The first kappa shape index (κ1) is 13.5. The van der Waals surface area contributed by atoms with Crippen LogP contribution in [0.3, 0.4) is 0 Å². The van der Waals surface area contributed by atoms with Gasteiger partial charge in [-0.3, -0.25) is 9.88 Å². The van der Waals surface area contributed by atoms with Gasteiger partial charge in [0.1, 0.15) is 5.82 Å². The Morgan fingerprint density at radius 1 is 1.40 bits per heavy atom. The molecule has 2 aromatic rings. The highest BCUT2D eigenvalue weighted by Gasteiger charge is 2.19. The molecule has 1 aliphatic heterocycles. The smallest absolute Gasteiger partial charge is 0.124 e. The Kier molecular flexibility index (Phi) is 3.94. The summed E-state index contributed by atoms with van der Waals surface area (Å²) < 4.78 is 13.7. The molecule has 1 aromatic heterocycles. The number of halogens is 1. The molecule has 2 heterocycles. The third-order valence-corrected chi connectivity index (χ3v) is 4.08. The number of hydrogen-bond acceptors (Lipinski definition) is 3. The van der Waals surface area contributed by atoms with Gasteiger partial charge in [0.15, 0.2) is 0 Å². The van der Waals surface area contributed by atoms with E-state index in [1.54, 1.807) is 18.3 Å². The van der Waals surface area contributed by atoms with E-state index in [1.165, 1.54) is 12.8 Å². The van der Waals surface area contributed by atoms with E-state index in [0.29, 0.717) is 5.92 Å². The topological polar surface area (TPSA) is 42.1 Å². The lowest BCUT2D eigenvalue weighted by atomic mass is 9.97. The van der Waals surface area contributed by atoms with Crippen LogP contribution in [-0.4, -0.2) is 29.5 Å². The van der Waals surface area contributed by atoms with Gasteiger partial charge >= 0.3 is 0 Å². The number of likely N-dealkylation sites (tertiary alicyclic amines) is 1. The predicted octanol–water partition coefficient (Wildman–Crippen LogP) is 2.54. The van der Waals surface area contributed by atoms with Crippen molar-refractivity contribution >= 4 is 10.9 Å². The number of pyridine rings is 1. The van der Waals surface area contributed by atoms with Crippen LogP contribution in [0, 0.1) is 11.7 Å². The molecule has 1 atom stereocenters. The summed E-state index contributed by atoms with van der Waals surface area (Å²) in [6.07, 6.45) is 4.14. The van der Waals surface area contributed by atoms with Gasteiger partial charge in [-0.05, 0) is 55.6 Å². The first-order valence-electron chi connectivity index (χ1n) is 7.22. The molecule has 0 aliphatic carbocycles. The van der Waals surface area contributed by atoms with Crippen LogP contribution in [0.1, 0.15) is 18.4 Å². The first-order valence-corrected chi connectivity index (χ1v) is 7.22. The number of hydrogen-bond donors (Lipinski definition) is 1. The van der Waals surface area contributed by atoms with Crippen LogP contribution in [0.25, 0.3) is 10.9 Å². The van der Waals surface area contributed by atoms with Crippen molar-refractivity contribution in [3.63, 3.8) is 0 Å². The van der Waals surface area contributed by atoms with E-state index in [0.717, 1.165) is 42.6 Å². The van der Waals surface area contributed by atoms with Gasteiger partial charge in [-0.25, -0.2) is 4.39 Å². The number of rotatable bonds is 3. The van der Waals surface area contributed by atoms with Crippen molar-refractivity contribution in [1.82, 2.24) is 9.88 Å². The zero-order chi connectivity index (χ0) is 13.9. The second-order valence-corrected chi connectivity index (χ2v) is 5.62. The van der Waals surface area contributed by atoms with Gasteiger partial charge in [-0.2, -0.15) is 0 Å². The second-order valence-electron chi connectivity index (χ2n) is 5.62. The summed E-state index contributed by atoms with van der Waals surface area (Å²) in [6, 6.07) is 6.91. The maximum absolute atomic E-state index is 13.7. The van der Waals surface area contributed by atoms with E-state index in [2.05, 4.69) is 9.88 Å². The molecule has 1 aliphatic rings. The Balaban J connectivity index is 1.86. The fraction of sp³-hybridized carbons (Fsp3) is 0.438. The summed E-state index contributed by atoms with van der Waals surface area (Å²) in [4.78, 5) is 6.77. The monoisotopic (exact) mass is 273 g/mol. The van der Waals surface area contributed by atoms with E-state index >= 15 is 0 Å². The van der Waals surface area contributed by atoms with Crippen LogP contribution in [0.5, 0.6) is 0 Å². The molecular formula is C16H20FN3. The lowest BCUT2D eigenvalue weighted by molar-refractivity contribution is 0.171. The second kappa shape index (κ2) is 5.85. The molecule has 1 unspecified atom stereocenters. The van der Waals surface area contributed by atoms with Gasteiger partial charge in [0.2, 0.25) is 0 Å². The number of benzene rings is 1. The molecule has 0 saturated carbocycles. The van der Waals surface area contributed by atoms with E-state index in [4.69, 9.17) is 5.73 Å². The van der Waals surface area contributed by atoms with Crippen molar-refractivity contribution in [3.05, 3.63) is 41.8 Å². The Hall–Kier alpha value is -1.52. The third-order valence-electron chi connectivity index (χ3n) is 4.08. The van der Waals surface area contributed by atoms with Crippen molar-refractivity contribution in [1.29, 1.82) is 0 Å². The lowest BCUT2D eigenvalue weighted by Gasteiger charge is -2.32. The molecule has 20 heavy (non-hydrogen) atoms. The highest BCUT2D eigenvalue weighted by atomic mass is 19.1. The van der Waals surface area contributed by atoms with Crippen molar-refractivity contribution in [2.24, 2.45) is 11.7 Å². The maximum atomic E-state index is 13.7. The molecular weight excluding hydrogens is 253 g/mol. The van der Waals surface area contributed by atoms with Gasteiger partial charge in [0.25, 0.3) is 0 Å². The summed E-state index contributed by atoms with van der Waals surface area (Å²) in [5.74, 6) is 0.379. The summed E-state index contributed by atoms with van der Waals surface area (Å²) in [5, 5.41) is 0.870. The Labute approximate surface area is 118 Å². The average molecular weight is 273 g/mol. The van der Waals surface area contributed by atoms with Crippen molar-refractivity contribution in [2.75, 3.05) is 19.6 Å². The van der Waals surface area contributed by atoms with E-state index < -0.39 is 0 Å². The predicted molar refractivity (Wildman–Crippen MR) is 78.8 cm³/mol. The quantitative estimate of drug-likeness (QED) is 0.934. The van der Waals surface area contributed by atoms with Crippen molar-refractivity contribution in [2.45, 2.75) is 19.4 Å². The van der Waals surface area contributed by atoms with Gasteiger partial charge in [0, 0.05) is 24.7 Å². The van der Waals surface area contributed by atoms with Gasteiger partial charge in [-0.15, -0.1) is 0 Å². The Bertz CT molecular complexity index is 599. The number of nitrogens with two attached hydrogens (primary N) is 1. The SMILES string of the molecule is NCC1CCCN(Cc2cc(F)cc3cccnc23)C1. The molecule has 0 radical (unpaired) electrons. The molecule has 3 rings (SSSR count). The highest BCUT2D eigenvalue weighted by Crippen LogP contribution is 2.23. The molecule has 3 nitrogen and oxygen atoms in total. The highest BCUT2D eigenvalue weighted by molar-refractivity contribution is 5.81. The summed E-state index contributed by atoms with van der Waals surface area (Å²) in [6.45, 7) is 3.54. The average Bonchev–Trinajstić information content (AvgIpc) is 2.47. The largest absolute Gasteiger partial charge is 0.330 e. The van der Waals surface area contributed by atoms with Crippen LogP contribution in [-0.2, 0) is 6.54 Å². The molecule has 1 fully saturated rings. The fourth-order valence-electron chi connectivity index (χ4n) is 3.08. The fourth-order valence-corrected chi connectivity index (χ4v) is 3.08. The summed E-state index contributed by atoms with van der Waals surface area (Å²) in [7, 11) is 0. The summed E-state index contributed by atoms with van der Waals surface area (Å²) in [5.41, 5.74) is 7.65. The van der Waals surface area contributed by atoms with Crippen molar-refractivity contribution in [3.8, 4) is 0 Å². The molecule has 0 bridgehead atoms. The molecule has 1 saturated heterocycles. The molecule has 4 heteroatoms. The maximum Gasteiger partial charge on any atom is 0.124 e. The Morgan fingerprint density at radius 3 is 3.15 bits per heavy atom. The van der Waals surface area contributed by atoms with Gasteiger partial charge in [-0.1, -0.05) is 6.07 Å². The third kappa shape index (κ3) is 2.81. The van der Waals surface area contributed by atoms with E-state index in [-0.39, 0.29) is 5.82 Å². The Morgan fingerprint density at radius 2 is 2.30 bits per heavy atom. The van der Waals surface area contributed by atoms with Crippen LogP contribution in [0.2, 0.25) is 0 Å². The van der Waals surface area contributed by atoms with Crippen molar-refractivity contribution < 1.29 is 4.39 Å². The molecule has 2 N–H and O–H groups in total. The van der Waals surface area contributed by atoms with E-state index in [9.17, 15) is 4.39 Å². The molecule has 0 amide bonds. The number of fused-ring (bicyclic) bond motifs is 1. The minimum atomic E-state index is -0.187. The van der Waals surface area contributed by atoms with Crippen LogP contribution in [0.4, 0.5) is 4.39 Å². The van der Waals surface area contributed by atoms with Gasteiger partial charge < -0.3 is 5.73 Å².